The van der Waals surface area contributed by atoms with Crippen LogP contribution in [0.25, 0.3) is 0 Å². The second-order valence-electron chi connectivity index (χ2n) is 6.40. The summed E-state index contributed by atoms with van der Waals surface area (Å²) in [6.45, 7) is 6.31. The van der Waals surface area contributed by atoms with Crippen molar-refractivity contribution < 1.29 is 19.5 Å². The van der Waals surface area contributed by atoms with Gasteiger partial charge in [-0.05, 0) is 31.4 Å². The summed E-state index contributed by atoms with van der Waals surface area (Å²) in [7, 11) is 0. The zero-order chi connectivity index (χ0) is 18.6. The number of hydrogen-bond acceptors (Lipinski definition) is 5. The minimum Gasteiger partial charge on any atom is -0.478 e. The number of pyridine rings is 1. The molecule has 25 heavy (non-hydrogen) atoms. The summed E-state index contributed by atoms with van der Waals surface area (Å²) in [6, 6.07) is 2.25. The van der Waals surface area contributed by atoms with Crippen molar-refractivity contribution in [2.45, 2.75) is 33.2 Å². The number of aromatic nitrogens is 1. The fourth-order valence-electron chi connectivity index (χ4n) is 2.52. The quantitative estimate of drug-likeness (QED) is 0.797. The number of hydrogen-bond donors (Lipinski definition) is 2. The van der Waals surface area contributed by atoms with Crippen molar-refractivity contribution in [3.8, 4) is 0 Å². The van der Waals surface area contributed by atoms with Crippen LogP contribution in [0.15, 0.2) is 12.1 Å². The smallest absolute Gasteiger partial charge is 0.337 e. The summed E-state index contributed by atoms with van der Waals surface area (Å²) in [5.41, 5.74) is 0.503. The fourth-order valence-corrected chi connectivity index (χ4v) is 3.67. The van der Waals surface area contributed by atoms with E-state index in [4.69, 9.17) is 5.11 Å². The Morgan fingerprint density at radius 3 is 2.72 bits per heavy atom. The van der Waals surface area contributed by atoms with Gasteiger partial charge in [-0.15, -0.1) is 11.8 Å². The molecule has 1 unspecified atom stereocenters. The lowest BCUT2D eigenvalue weighted by atomic mass is 10.1. The van der Waals surface area contributed by atoms with Crippen LogP contribution >= 0.6 is 11.8 Å². The molecule has 0 aliphatic carbocycles. The molecule has 2 N–H and O–H groups in total. The van der Waals surface area contributed by atoms with E-state index in [0.717, 1.165) is 6.42 Å². The Balaban J connectivity index is 2.08. The molecule has 2 heterocycles. The number of nitrogens with one attached hydrogen (secondary N) is 1. The van der Waals surface area contributed by atoms with Gasteiger partial charge in [-0.25, -0.2) is 9.78 Å². The Kier molecular flexibility index (Phi) is 6.41. The number of aryl methyl sites for hydroxylation is 1. The summed E-state index contributed by atoms with van der Waals surface area (Å²) in [4.78, 5) is 41.7. The first kappa shape index (κ1) is 19.2. The largest absolute Gasteiger partial charge is 0.478 e. The molecule has 1 aromatic heterocycles. The molecule has 0 spiro atoms. The van der Waals surface area contributed by atoms with Crippen LogP contribution in [-0.2, 0) is 4.79 Å². The van der Waals surface area contributed by atoms with Crippen LogP contribution in [0.5, 0.6) is 0 Å². The van der Waals surface area contributed by atoms with E-state index in [2.05, 4.69) is 24.1 Å². The van der Waals surface area contributed by atoms with Crippen LogP contribution in [0.2, 0.25) is 0 Å². The van der Waals surface area contributed by atoms with E-state index in [0.29, 0.717) is 24.1 Å². The maximum atomic E-state index is 12.7. The first-order chi connectivity index (χ1) is 11.8. The van der Waals surface area contributed by atoms with Gasteiger partial charge < -0.3 is 15.3 Å². The second-order valence-corrected chi connectivity index (χ2v) is 7.40. The maximum absolute atomic E-state index is 12.7. The van der Waals surface area contributed by atoms with E-state index in [1.807, 2.05) is 0 Å². The van der Waals surface area contributed by atoms with E-state index >= 15 is 0 Å². The Morgan fingerprint density at radius 1 is 1.40 bits per heavy atom. The Labute approximate surface area is 151 Å². The monoisotopic (exact) mass is 365 g/mol. The molecule has 1 fully saturated rings. The van der Waals surface area contributed by atoms with Crippen LogP contribution in [0.3, 0.4) is 0 Å². The van der Waals surface area contributed by atoms with E-state index in [-0.39, 0.29) is 28.8 Å². The van der Waals surface area contributed by atoms with E-state index < -0.39 is 12.0 Å². The maximum Gasteiger partial charge on any atom is 0.337 e. The number of carboxylic acids is 1. The van der Waals surface area contributed by atoms with E-state index in [9.17, 15) is 14.4 Å². The number of amides is 2. The summed E-state index contributed by atoms with van der Waals surface area (Å²) in [6.07, 6.45) is 0.886. The Morgan fingerprint density at radius 2 is 2.12 bits per heavy atom. The first-order valence-electron chi connectivity index (χ1n) is 8.18. The highest BCUT2D eigenvalue weighted by atomic mass is 32.2. The van der Waals surface area contributed by atoms with Crippen molar-refractivity contribution in [3.63, 3.8) is 0 Å². The van der Waals surface area contributed by atoms with Crippen molar-refractivity contribution in [2.75, 3.05) is 18.2 Å². The van der Waals surface area contributed by atoms with Gasteiger partial charge in [0.1, 0.15) is 11.7 Å². The predicted octanol–water partition coefficient (Wildman–Crippen LogP) is 1.77. The molecule has 7 nitrogen and oxygen atoms in total. The van der Waals surface area contributed by atoms with Gasteiger partial charge in [-0.3, -0.25) is 9.59 Å². The predicted molar refractivity (Wildman–Crippen MR) is 95.7 cm³/mol. The second kappa shape index (κ2) is 8.33. The van der Waals surface area contributed by atoms with Crippen LogP contribution in [0, 0.1) is 12.8 Å². The molecule has 0 saturated carbocycles. The molecule has 1 aliphatic rings. The summed E-state index contributed by atoms with van der Waals surface area (Å²) in [5.74, 6) is -0.125. The SMILES string of the molecule is Cc1nc(C(=O)N2CSCC2C(=O)NCCC(C)C)ccc1C(=O)O. The summed E-state index contributed by atoms with van der Waals surface area (Å²) < 4.78 is 0. The molecule has 0 aromatic carbocycles. The Bertz CT molecular complexity index is 678. The molecule has 1 aromatic rings. The van der Waals surface area contributed by atoms with E-state index in [1.54, 1.807) is 6.92 Å². The molecule has 0 radical (unpaired) electrons. The van der Waals surface area contributed by atoms with Gasteiger partial charge in [0.05, 0.1) is 17.1 Å². The molecule has 1 atom stereocenters. The third-order valence-electron chi connectivity index (χ3n) is 4.00. The molecular formula is C17H23N3O4S. The lowest BCUT2D eigenvalue weighted by molar-refractivity contribution is -0.124. The number of carboxylic acid groups (broad SMARTS) is 1. The van der Waals surface area contributed by atoms with E-state index in [1.165, 1.54) is 28.8 Å². The minimum absolute atomic E-state index is 0.0651. The van der Waals surface area contributed by atoms with Crippen molar-refractivity contribution in [1.29, 1.82) is 0 Å². The molecule has 136 valence electrons. The molecule has 0 bridgehead atoms. The van der Waals surface area contributed by atoms with Crippen LogP contribution in [0.1, 0.15) is 46.8 Å². The van der Waals surface area contributed by atoms with Gasteiger partial charge in [0, 0.05) is 12.3 Å². The number of thioether (sulfide) groups is 1. The third-order valence-corrected chi connectivity index (χ3v) is 5.01. The molecule has 2 rings (SSSR count). The molecular weight excluding hydrogens is 342 g/mol. The number of carbonyl (C=O) groups is 3. The topological polar surface area (TPSA) is 99.6 Å². The lowest BCUT2D eigenvalue weighted by Crippen LogP contribution is -2.47. The van der Waals surface area contributed by atoms with Gasteiger partial charge >= 0.3 is 5.97 Å². The molecule has 1 saturated heterocycles. The van der Waals surface area contributed by atoms with Gasteiger partial charge in [0.15, 0.2) is 0 Å². The van der Waals surface area contributed by atoms with Crippen LogP contribution < -0.4 is 5.32 Å². The zero-order valence-corrected chi connectivity index (χ0v) is 15.4. The average molecular weight is 365 g/mol. The van der Waals surface area contributed by atoms with Crippen molar-refractivity contribution in [1.82, 2.24) is 15.2 Å². The molecule has 2 amide bonds. The highest BCUT2D eigenvalue weighted by Gasteiger charge is 2.35. The highest BCUT2D eigenvalue weighted by Crippen LogP contribution is 2.23. The molecule has 1 aliphatic heterocycles. The molecule has 8 heteroatoms. The van der Waals surface area contributed by atoms with Gasteiger partial charge in [0.25, 0.3) is 5.91 Å². The van der Waals surface area contributed by atoms with Crippen LogP contribution in [-0.4, -0.2) is 57.0 Å². The fraction of sp³-hybridized carbons (Fsp3) is 0.529. The summed E-state index contributed by atoms with van der Waals surface area (Å²) >= 11 is 1.52. The van der Waals surface area contributed by atoms with Gasteiger partial charge in [-0.1, -0.05) is 13.8 Å². The average Bonchev–Trinajstić information content (AvgIpc) is 3.02. The van der Waals surface area contributed by atoms with Gasteiger partial charge in [-0.2, -0.15) is 0 Å². The lowest BCUT2D eigenvalue weighted by Gasteiger charge is -2.23. The highest BCUT2D eigenvalue weighted by molar-refractivity contribution is 7.99. The van der Waals surface area contributed by atoms with Crippen molar-refractivity contribution in [3.05, 3.63) is 29.1 Å². The third kappa shape index (κ3) is 4.72. The van der Waals surface area contributed by atoms with Crippen molar-refractivity contribution in [2.24, 2.45) is 5.92 Å². The number of nitrogens with zero attached hydrogens (tertiary/aromatic N) is 2. The number of rotatable bonds is 6. The number of carbonyl (C=O) groups excluding carboxylic acids is 2. The Hall–Kier alpha value is -2.09. The van der Waals surface area contributed by atoms with Crippen molar-refractivity contribution >= 4 is 29.5 Å². The zero-order valence-electron chi connectivity index (χ0n) is 14.6. The van der Waals surface area contributed by atoms with Crippen LogP contribution in [0.4, 0.5) is 0 Å². The first-order valence-corrected chi connectivity index (χ1v) is 9.34. The minimum atomic E-state index is -1.08. The normalized spacial score (nSPS) is 17.0. The van der Waals surface area contributed by atoms with Gasteiger partial charge in [0.2, 0.25) is 5.91 Å². The summed E-state index contributed by atoms with van der Waals surface area (Å²) in [5, 5.41) is 11.9. The standard InChI is InChI=1S/C17H23N3O4S/c1-10(2)6-7-18-15(21)14-8-25-9-20(14)16(22)13-5-4-12(17(23)24)11(3)19-13/h4-5,10,14H,6-9H2,1-3H3,(H,18,21)(H,23,24). The number of aromatic carboxylic acids is 1.